The molecule has 8 bridgehead atoms. The predicted molar refractivity (Wildman–Crippen MR) is 261 cm³/mol. The highest BCUT2D eigenvalue weighted by molar-refractivity contribution is 5.94. The number of ether oxygens (including phenoxy) is 13. The van der Waals surface area contributed by atoms with Gasteiger partial charge in [-0.1, -0.05) is 6.08 Å². The molecule has 0 amide bonds. The van der Waals surface area contributed by atoms with E-state index in [1.807, 2.05) is 0 Å². The van der Waals surface area contributed by atoms with Crippen molar-refractivity contribution in [3.05, 3.63) is 82.9 Å². The van der Waals surface area contributed by atoms with Crippen molar-refractivity contribution < 1.29 is 110 Å². The van der Waals surface area contributed by atoms with Gasteiger partial charge < -0.3 is 66.7 Å². The van der Waals surface area contributed by atoms with Gasteiger partial charge in [0, 0.05) is 51.8 Å². The molecule has 422 valence electrons. The van der Waals surface area contributed by atoms with Gasteiger partial charge in [0.25, 0.3) is 0 Å². The highest BCUT2D eigenvalue weighted by Gasteiger charge is 2.92. The summed E-state index contributed by atoms with van der Waals surface area (Å²) in [6.45, 7) is 7.01. The molecule has 2 aromatic heterocycles. The predicted octanol–water partition coefficient (Wildman–Crippen LogP) is 3.16. The summed E-state index contributed by atoms with van der Waals surface area (Å²) in [5.74, 6) is -14.1. The first-order valence-corrected chi connectivity index (χ1v) is 24.7. The van der Waals surface area contributed by atoms with E-state index in [1.165, 1.54) is 82.9 Å². The van der Waals surface area contributed by atoms with Crippen molar-refractivity contribution in [1.82, 2.24) is 9.97 Å². The highest BCUT2D eigenvalue weighted by Crippen LogP contribution is 2.70. The number of pyridine rings is 2. The number of fused-ring (bicyclic) bond motifs is 11. The second-order valence-corrected chi connectivity index (χ2v) is 20.4. The number of aliphatic hydroxyl groups is 1. The van der Waals surface area contributed by atoms with Gasteiger partial charge in [0.2, 0.25) is 11.4 Å². The first-order valence-electron chi connectivity index (χ1n) is 24.7. The summed E-state index contributed by atoms with van der Waals surface area (Å²) in [7, 11) is 2.51. The van der Waals surface area contributed by atoms with Gasteiger partial charge in [-0.3, -0.25) is 33.9 Å². The topological polar surface area (TPSA) is 320 Å². The van der Waals surface area contributed by atoms with Crippen LogP contribution in [0.3, 0.4) is 0 Å². The number of methoxy groups -OCH3 is 2. The number of carbonyl (C=O) groups is 9. The van der Waals surface area contributed by atoms with E-state index >= 15 is 14.4 Å². The van der Waals surface area contributed by atoms with Crippen molar-refractivity contribution in [3.63, 3.8) is 0 Å². The maximum Gasteiger partial charge on any atom is 0.350 e. The van der Waals surface area contributed by atoms with Crippen LogP contribution in [-0.4, -0.2) is 155 Å². The van der Waals surface area contributed by atoms with E-state index in [0.29, 0.717) is 0 Å². The molecule has 3 aromatic rings. The molecule has 6 aliphatic rings. The number of aromatic nitrogens is 2. The van der Waals surface area contributed by atoms with Crippen LogP contribution >= 0.6 is 0 Å². The molecule has 0 unspecified atom stereocenters. The maximum absolute atomic E-state index is 15.4. The molecule has 25 heteroatoms. The average molecular weight is 1100 g/mol. The fraction of sp³-hybridized carbons (Fsp3) is 0.500. The maximum atomic E-state index is 15.4. The molecular weight excluding hydrogens is 1040 g/mol. The van der Waals surface area contributed by atoms with Gasteiger partial charge in [-0.05, 0) is 71.0 Å². The molecule has 1 saturated heterocycles. The van der Waals surface area contributed by atoms with Crippen LogP contribution in [0.4, 0.5) is 0 Å². The van der Waals surface area contributed by atoms with Gasteiger partial charge in [-0.25, -0.2) is 19.2 Å². The standard InChI is InChI=1S/C54H58N2O23/c1-25-14-15-34-32(13-12-17-56-34)47(63)70-23-51(8)37-39-43(77-49(65)50(6,7)78-29(5)60)53(24-71-48(64)33-21-55-18-16-30(33)22-69-38-35(67-10)19-31(46(62)75-39)20-36(38)68-11)44(74-28(4)59)40(72-26(2)57)42(76-45(25)61)52(9,66)54(53,79-51)41(37)73-27(3)58/h12-21,25,37,39-44,66H,22-24H2,1-11H3/b15-14+/t25-,37-,39+,40+,41+,42+,43-,44-,51+,52+,53+,54+/m0/s1. The number of cyclic esters (lactones) is 1. The van der Waals surface area contributed by atoms with Crippen molar-refractivity contribution in [2.75, 3.05) is 27.4 Å². The van der Waals surface area contributed by atoms with E-state index in [0.717, 1.165) is 54.7 Å². The minimum Gasteiger partial charge on any atom is -0.493 e. The van der Waals surface area contributed by atoms with Crippen molar-refractivity contribution in [2.24, 2.45) is 17.3 Å². The fourth-order valence-corrected chi connectivity index (χ4v) is 11.4. The van der Waals surface area contributed by atoms with E-state index < -0.39 is 150 Å². The molecule has 25 nitrogen and oxygen atoms in total. The van der Waals surface area contributed by atoms with Crippen LogP contribution in [-0.2, 0) is 82.7 Å². The van der Waals surface area contributed by atoms with Crippen molar-refractivity contribution in [1.29, 1.82) is 0 Å². The molecule has 1 N–H and O–H groups in total. The SMILES string of the molecule is COc1cc2cc(OC)c1OCc1ccncc1C(=O)OC[C@]13[C@@H](OC(=O)C(C)(C)OC(C)=O)[C@H](OC2=O)[C@H]2[C@@H](OC(C)=O)[C@]14O[C@]2(C)COC(=O)c1cccnc1/C=C/[C@H](C)C(=O)O[C@H]([C@@H](OC(C)=O)[C@@H]3OC(C)=O)[C@@]4(C)O. The lowest BCUT2D eigenvalue weighted by Crippen LogP contribution is -2.89. The summed E-state index contributed by atoms with van der Waals surface area (Å²) in [6.07, 6.45) is -7.41. The fourth-order valence-electron chi connectivity index (χ4n) is 11.4. The van der Waals surface area contributed by atoms with Crippen LogP contribution in [0.15, 0.2) is 55.0 Å². The number of benzene rings is 1. The van der Waals surface area contributed by atoms with Crippen molar-refractivity contribution in [2.45, 2.75) is 128 Å². The third-order valence-electron chi connectivity index (χ3n) is 14.7. The third-order valence-corrected chi connectivity index (χ3v) is 14.7. The van der Waals surface area contributed by atoms with Crippen LogP contribution in [0.5, 0.6) is 17.2 Å². The minimum absolute atomic E-state index is 0.00566. The van der Waals surface area contributed by atoms with Gasteiger partial charge in [0.1, 0.15) is 48.6 Å². The normalized spacial score (nSPS) is 31.5. The van der Waals surface area contributed by atoms with Crippen LogP contribution in [0, 0.1) is 17.3 Å². The number of nitrogens with zero attached hydrogens (tertiary/aromatic N) is 2. The molecule has 9 rings (SSSR count). The van der Waals surface area contributed by atoms with Gasteiger partial charge in [0.05, 0.1) is 48.4 Å². The van der Waals surface area contributed by atoms with E-state index in [9.17, 15) is 33.9 Å². The number of carbonyl (C=O) groups excluding carboxylic acids is 9. The van der Waals surface area contributed by atoms with E-state index in [-0.39, 0.29) is 45.2 Å². The van der Waals surface area contributed by atoms with E-state index in [2.05, 4.69) is 9.97 Å². The Bertz CT molecular complexity index is 3020. The molecule has 3 fully saturated rings. The quantitative estimate of drug-likeness (QED) is 0.250. The molecule has 0 radical (unpaired) electrons. The Kier molecular flexibility index (Phi) is 15.3. The van der Waals surface area contributed by atoms with Gasteiger partial charge in [0.15, 0.2) is 41.5 Å². The Morgan fingerprint density at radius 3 is 2.01 bits per heavy atom. The summed E-state index contributed by atoms with van der Waals surface area (Å²) in [4.78, 5) is 137. The second-order valence-electron chi connectivity index (χ2n) is 20.4. The number of esters is 9. The molecule has 79 heavy (non-hydrogen) atoms. The lowest BCUT2D eigenvalue weighted by Gasteiger charge is -2.67. The minimum atomic E-state index is -3.09. The van der Waals surface area contributed by atoms with Crippen molar-refractivity contribution in [3.8, 4) is 17.2 Å². The van der Waals surface area contributed by atoms with E-state index in [1.54, 1.807) is 0 Å². The molecule has 2 aliphatic carbocycles. The molecule has 12 atom stereocenters. The first kappa shape index (κ1) is 57.0. The number of rotatable bonds is 8. The monoisotopic (exact) mass is 1100 g/mol. The molecule has 2 saturated carbocycles. The lowest BCUT2D eigenvalue weighted by molar-refractivity contribution is -0.386. The Labute approximate surface area is 451 Å². The average Bonchev–Trinajstić information content (AvgIpc) is 1.90. The smallest absolute Gasteiger partial charge is 0.350 e. The van der Waals surface area contributed by atoms with Crippen LogP contribution < -0.4 is 14.2 Å². The molecule has 6 heterocycles. The largest absolute Gasteiger partial charge is 0.493 e. The number of hydrogen-bond donors (Lipinski definition) is 1. The van der Waals surface area contributed by atoms with Gasteiger partial charge >= 0.3 is 53.7 Å². The summed E-state index contributed by atoms with van der Waals surface area (Å²) in [5.41, 5.74) is -14.5. The van der Waals surface area contributed by atoms with Crippen LogP contribution in [0.25, 0.3) is 6.08 Å². The zero-order valence-corrected chi connectivity index (χ0v) is 44.8. The Hall–Kier alpha value is -8.19. The van der Waals surface area contributed by atoms with Gasteiger partial charge in [-0.15, -0.1) is 0 Å². The summed E-state index contributed by atoms with van der Waals surface area (Å²) < 4.78 is 80.6. The third kappa shape index (κ3) is 9.82. The summed E-state index contributed by atoms with van der Waals surface area (Å²) >= 11 is 0. The number of hydrogen-bond acceptors (Lipinski definition) is 25. The second kappa shape index (κ2) is 21.2. The van der Waals surface area contributed by atoms with Crippen LogP contribution in [0.2, 0.25) is 0 Å². The first-order chi connectivity index (χ1) is 37.2. The molecule has 2 spiro atoms. The highest BCUT2D eigenvalue weighted by atomic mass is 16.7. The van der Waals surface area contributed by atoms with Gasteiger partial charge in [-0.2, -0.15) is 0 Å². The zero-order chi connectivity index (χ0) is 57.7. The Morgan fingerprint density at radius 2 is 1.38 bits per heavy atom. The van der Waals surface area contributed by atoms with Crippen molar-refractivity contribution >= 4 is 59.8 Å². The molecule has 4 aliphatic heterocycles. The zero-order valence-electron chi connectivity index (χ0n) is 44.8. The summed E-state index contributed by atoms with van der Waals surface area (Å²) in [5, 5.41) is 14.1. The van der Waals surface area contributed by atoms with Crippen LogP contribution in [0.1, 0.15) is 105 Å². The molecule has 1 aromatic carbocycles. The Morgan fingerprint density at radius 1 is 0.747 bits per heavy atom. The summed E-state index contributed by atoms with van der Waals surface area (Å²) in [6, 6.07) is 6.60. The molecular formula is C54H58N2O23. The Balaban J connectivity index is 1.57. The lowest BCUT2D eigenvalue weighted by atomic mass is 9.45. The van der Waals surface area contributed by atoms with E-state index in [4.69, 9.17) is 61.6 Å².